The number of hydrogen-bond donors (Lipinski definition) is 0. The number of hydrogen-bond acceptors (Lipinski definition) is 1. The van der Waals surface area contributed by atoms with Crippen molar-refractivity contribution in [1.29, 1.82) is 0 Å². The molecule has 12 rings (SSSR count). The fraction of sp³-hybridized carbons (Fsp3) is 0. The van der Waals surface area contributed by atoms with Gasteiger partial charge in [-0.1, -0.05) is 158 Å². The van der Waals surface area contributed by atoms with Crippen LogP contribution in [0.3, 0.4) is 0 Å². The molecule has 0 bridgehead atoms. The Balaban J connectivity index is 0.934. The van der Waals surface area contributed by atoms with Crippen molar-refractivity contribution in [3.8, 4) is 27.9 Å². The third kappa shape index (κ3) is 5.65. The summed E-state index contributed by atoms with van der Waals surface area (Å²) in [5.41, 5.74) is 11.6. The molecule has 0 atom stereocenters. The van der Waals surface area contributed by atoms with Crippen LogP contribution in [0.1, 0.15) is 0 Å². The second-order valence-electron chi connectivity index (χ2n) is 15.8. The van der Waals surface area contributed by atoms with Crippen molar-refractivity contribution >= 4 is 82.0 Å². The minimum Gasteiger partial charge on any atom is -0.311 e. The van der Waals surface area contributed by atoms with Crippen molar-refractivity contribution in [2.75, 3.05) is 4.90 Å². The van der Waals surface area contributed by atoms with Crippen molar-refractivity contribution in [2.45, 2.75) is 0 Å². The smallest absolute Gasteiger partial charge is 0.0541 e. The SMILES string of the molecule is c1ccc2c(c1)ccc1cc(-c3ccc(N(c4ccc(-c5ccc6c(ccc7ccccc76)c5)cc4)c4ccc(-n5c6ccccc6c6ccccc65)cc4)cc3)ccc12. The number of para-hydroxylation sites is 2. The summed E-state index contributed by atoms with van der Waals surface area (Å²) in [5.74, 6) is 0. The third-order valence-corrected chi connectivity index (χ3v) is 12.4. The molecule has 0 saturated carbocycles. The molecule has 11 aromatic carbocycles. The topological polar surface area (TPSA) is 8.17 Å². The van der Waals surface area contributed by atoms with Crippen LogP contribution in [0.5, 0.6) is 0 Å². The van der Waals surface area contributed by atoms with Gasteiger partial charge in [-0.15, -0.1) is 0 Å². The molecule has 0 unspecified atom stereocenters. The van der Waals surface area contributed by atoms with Gasteiger partial charge in [0.05, 0.1) is 11.0 Å². The minimum absolute atomic E-state index is 1.09. The number of fused-ring (bicyclic) bond motifs is 9. The number of nitrogens with zero attached hydrogens (tertiary/aromatic N) is 2. The monoisotopic (exact) mass is 762 g/mol. The standard InChI is InChI=1S/C58H38N2/c1-3-11-51-41(9-1)17-19-45-37-43(25-35-53(45)51)39-21-27-47(28-22-39)59(49-31-33-50(34-32-49)60-57-15-7-5-13-55(57)56-14-6-8-16-58(56)60)48-29-23-40(24-30-48)44-26-36-54-46(38-44)20-18-42-10-2-4-12-52(42)54/h1-38H. The van der Waals surface area contributed by atoms with Gasteiger partial charge in [-0.2, -0.15) is 0 Å². The molecule has 1 heterocycles. The van der Waals surface area contributed by atoms with E-state index in [1.807, 2.05) is 0 Å². The van der Waals surface area contributed by atoms with Gasteiger partial charge in [0.25, 0.3) is 0 Å². The first-order chi connectivity index (χ1) is 29.7. The van der Waals surface area contributed by atoms with E-state index in [4.69, 9.17) is 0 Å². The Morgan fingerprint density at radius 1 is 0.250 bits per heavy atom. The molecule has 280 valence electrons. The fourth-order valence-electron chi connectivity index (χ4n) is 9.39. The van der Waals surface area contributed by atoms with Gasteiger partial charge in [0, 0.05) is 33.5 Å². The summed E-state index contributed by atoms with van der Waals surface area (Å²) in [7, 11) is 0. The van der Waals surface area contributed by atoms with E-state index in [0.29, 0.717) is 0 Å². The molecule has 0 radical (unpaired) electrons. The highest BCUT2D eigenvalue weighted by atomic mass is 15.1. The largest absolute Gasteiger partial charge is 0.311 e. The highest BCUT2D eigenvalue weighted by Gasteiger charge is 2.16. The quantitative estimate of drug-likeness (QED) is 0.153. The highest BCUT2D eigenvalue weighted by molar-refractivity contribution is 6.11. The van der Waals surface area contributed by atoms with Crippen molar-refractivity contribution in [1.82, 2.24) is 4.57 Å². The normalized spacial score (nSPS) is 11.7. The Bertz CT molecular complexity index is 3360. The number of anilines is 3. The van der Waals surface area contributed by atoms with Gasteiger partial charge < -0.3 is 9.47 Å². The lowest BCUT2D eigenvalue weighted by molar-refractivity contribution is 1.17. The molecule has 0 amide bonds. The van der Waals surface area contributed by atoms with E-state index in [-0.39, 0.29) is 0 Å². The van der Waals surface area contributed by atoms with E-state index in [1.165, 1.54) is 87.1 Å². The fourth-order valence-corrected chi connectivity index (χ4v) is 9.39. The number of aromatic nitrogens is 1. The van der Waals surface area contributed by atoms with E-state index in [9.17, 15) is 0 Å². The lowest BCUT2D eigenvalue weighted by Crippen LogP contribution is -2.10. The second-order valence-corrected chi connectivity index (χ2v) is 15.8. The zero-order chi connectivity index (χ0) is 39.6. The summed E-state index contributed by atoms with van der Waals surface area (Å²) < 4.78 is 2.38. The molecular weight excluding hydrogens is 725 g/mol. The predicted molar refractivity (Wildman–Crippen MR) is 256 cm³/mol. The average molecular weight is 763 g/mol. The maximum absolute atomic E-state index is 2.38. The van der Waals surface area contributed by atoms with Crippen LogP contribution in [0, 0.1) is 0 Å². The maximum Gasteiger partial charge on any atom is 0.0541 e. The van der Waals surface area contributed by atoms with Crippen molar-refractivity contribution in [2.24, 2.45) is 0 Å². The zero-order valence-corrected chi connectivity index (χ0v) is 32.8. The van der Waals surface area contributed by atoms with Crippen molar-refractivity contribution in [3.05, 3.63) is 231 Å². The molecular formula is C58H38N2. The van der Waals surface area contributed by atoms with E-state index >= 15 is 0 Å². The summed E-state index contributed by atoms with van der Waals surface area (Å²) in [6.07, 6.45) is 0. The first kappa shape index (κ1) is 34.1. The molecule has 2 nitrogen and oxygen atoms in total. The predicted octanol–water partition coefficient (Wildman–Crippen LogP) is 16.2. The van der Waals surface area contributed by atoms with Gasteiger partial charge in [-0.05, 0) is 138 Å². The van der Waals surface area contributed by atoms with Crippen LogP contribution in [0.25, 0.3) is 92.8 Å². The molecule has 0 saturated heterocycles. The second kappa shape index (κ2) is 13.9. The molecule has 0 aliphatic heterocycles. The van der Waals surface area contributed by atoms with Gasteiger partial charge in [-0.3, -0.25) is 0 Å². The van der Waals surface area contributed by atoms with E-state index < -0.39 is 0 Å². The van der Waals surface area contributed by atoms with Gasteiger partial charge >= 0.3 is 0 Å². The average Bonchev–Trinajstić information content (AvgIpc) is 3.66. The molecule has 0 aliphatic rings. The molecule has 12 aromatic rings. The van der Waals surface area contributed by atoms with Crippen LogP contribution in [0.2, 0.25) is 0 Å². The van der Waals surface area contributed by atoms with E-state index in [2.05, 4.69) is 240 Å². The Hall–Kier alpha value is -7.94. The van der Waals surface area contributed by atoms with E-state index in [1.54, 1.807) is 0 Å². The van der Waals surface area contributed by atoms with Gasteiger partial charge in [0.15, 0.2) is 0 Å². The van der Waals surface area contributed by atoms with Crippen LogP contribution >= 0.6 is 0 Å². The molecule has 0 fully saturated rings. The first-order valence-electron chi connectivity index (χ1n) is 20.7. The molecule has 60 heavy (non-hydrogen) atoms. The Morgan fingerprint density at radius 3 is 1.07 bits per heavy atom. The summed E-state index contributed by atoms with van der Waals surface area (Å²) in [4.78, 5) is 2.36. The lowest BCUT2D eigenvalue weighted by Gasteiger charge is -2.26. The van der Waals surface area contributed by atoms with E-state index in [0.717, 1.165) is 22.7 Å². The molecule has 1 aromatic heterocycles. The van der Waals surface area contributed by atoms with Crippen LogP contribution in [0.15, 0.2) is 231 Å². The molecule has 0 N–H and O–H groups in total. The van der Waals surface area contributed by atoms with Gasteiger partial charge in [0.2, 0.25) is 0 Å². The lowest BCUT2D eigenvalue weighted by atomic mass is 9.97. The summed E-state index contributed by atoms with van der Waals surface area (Å²) in [6.45, 7) is 0. The summed E-state index contributed by atoms with van der Waals surface area (Å²) in [5, 5.41) is 12.7. The van der Waals surface area contributed by atoms with Crippen molar-refractivity contribution in [3.63, 3.8) is 0 Å². The number of rotatable bonds is 6. The first-order valence-corrected chi connectivity index (χ1v) is 20.7. The van der Waals surface area contributed by atoms with Crippen LogP contribution < -0.4 is 4.90 Å². The Labute approximate surface area is 348 Å². The molecule has 2 heteroatoms. The summed E-state index contributed by atoms with van der Waals surface area (Å²) >= 11 is 0. The number of benzene rings is 11. The van der Waals surface area contributed by atoms with Crippen molar-refractivity contribution < 1.29 is 0 Å². The third-order valence-electron chi connectivity index (χ3n) is 12.4. The van der Waals surface area contributed by atoms with Crippen LogP contribution in [0.4, 0.5) is 17.1 Å². The minimum atomic E-state index is 1.09. The summed E-state index contributed by atoms with van der Waals surface area (Å²) in [6, 6.07) is 84.3. The molecule has 0 aliphatic carbocycles. The van der Waals surface area contributed by atoms with Crippen LogP contribution in [-0.2, 0) is 0 Å². The zero-order valence-electron chi connectivity index (χ0n) is 32.8. The Kier molecular flexibility index (Phi) is 7.89. The van der Waals surface area contributed by atoms with Gasteiger partial charge in [-0.25, -0.2) is 0 Å². The molecule has 0 spiro atoms. The highest BCUT2D eigenvalue weighted by Crippen LogP contribution is 2.40. The Morgan fingerprint density at radius 2 is 0.600 bits per heavy atom. The van der Waals surface area contributed by atoms with Gasteiger partial charge in [0.1, 0.15) is 0 Å². The van der Waals surface area contributed by atoms with Crippen LogP contribution in [-0.4, -0.2) is 4.57 Å². The maximum atomic E-state index is 2.38.